The molecule has 1 aliphatic carbocycles. The number of fused-ring (bicyclic) bond motifs is 1. The third-order valence-corrected chi connectivity index (χ3v) is 4.35. The van der Waals surface area contributed by atoms with Gasteiger partial charge in [0.15, 0.2) is 0 Å². The van der Waals surface area contributed by atoms with Crippen LogP contribution in [0.25, 0.3) is 22.3 Å². The fourth-order valence-electron chi connectivity index (χ4n) is 2.91. The summed E-state index contributed by atoms with van der Waals surface area (Å²) in [6.07, 6.45) is 6.53. The van der Waals surface area contributed by atoms with E-state index in [1.807, 2.05) is 16.8 Å². The Labute approximate surface area is 134 Å². The summed E-state index contributed by atoms with van der Waals surface area (Å²) < 4.78 is 1.96. The maximum Gasteiger partial charge on any atom is 0.219 e. The molecule has 1 amide bonds. The van der Waals surface area contributed by atoms with Crippen molar-refractivity contribution < 1.29 is 4.79 Å². The number of amides is 1. The van der Waals surface area contributed by atoms with Crippen LogP contribution in [0, 0.1) is 0 Å². The van der Waals surface area contributed by atoms with E-state index in [9.17, 15) is 4.79 Å². The zero-order valence-electron chi connectivity index (χ0n) is 12.8. The van der Waals surface area contributed by atoms with Crippen LogP contribution >= 0.6 is 0 Å². The second-order valence-electron chi connectivity index (χ2n) is 6.11. The molecular formula is C18H18N4O. The molecule has 2 heterocycles. The highest BCUT2D eigenvalue weighted by atomic mass is 16.1. The summed E-state index contributed by atoms with van der Waals surface area (Å²) >= 11 is 0. The molecule has 1 fully saturated rings. The molecule has 1 aromatic carbocycles. The minimum Gasteiger partial charge on any atom is -0.370 e. The minimum atomic E-state index is -0.301. The molecule has 0 radical (unpaired) electrons. The van der Waals surface area contributed by atoms with E-state index >= 15 is 0 Å². The molecule has 1 saturated carbocycles. The van der Waals surface area contributed by atoms with Crippen molar-refractivity contribution in [2.24, 2.45) is 5.73 Å². The Morgan fingerprint density at radius 3 is 2.87 bits per heavy atom. The van der Waals surface area contributed by atoms with Gasteiger partial charge in [0.1, 0.15) is 0 Å². The fraction of sp³-hybridized carbons (Fsp3) is 0.278. The summed E-state index contributed by atoms with van der Waals surface area (Å²) in [4.78, 5) is 19.9. The van der Waals surface area contributed by atoms with Crippen LogP contribution in [0.15, 0.2) is 42.9 Å². The van der Waals surface area contributed by atoms with Gasteiger partial charge in [0.25, 0.3) is 0 Å². The predicted octanol–water partition coefficient (Wildman–Crippen LogP) is 2.85. The first-order chi connectivity index (χ1) is 11.2. The summed E-state index contributed by atoms with van der Waals surface area (Å²) in [5.74, 6) is 0.415. The van der Waals surface area contributed by atoms with Crippen molar-refractivity contribution in [2.75, 3.05) is 0 Å². The van der Waals surface area contributed by atoms with Gasteiger partial charge in [0.2, 0.25) is 5.91 Å². The van der Waals surface area contributed by atoms with E-state index < -0.39 is 0 Å². The van der Waals surface area contributed by atoms with E-state index in [2.05, 4.69) is 34.2 Å². The number of hydrogen-bond donors (Lipinski definition) is 1. The Balaban J connectivity index is 1.66. The van der Waals surface area contributed by atoms with E-state index in [0.717, 1.165) is 22.3 Å². The third kappa shape index (κ3) is 2.82. The zero-order valence-corrected chi connectivity index (χ0v) is 12.8. The number of aryl methyl sites for hydroxylation is 1. The number of carbonyl (C=O) groups excluding carboxylic acids is 1. The molecule has 5 nitrogen and oxygen atoms in total. The van der Waals surface area contributed by atoms with Crippen molar-refractivity contribution in [3.8, 4) is 11.3 Å². The van der Waals surface area contributed by atoms with Crippen molar-refractivity contribution in [2.45, 2.75) is 31.7 Å². The van der Waals surface area contributed by atoms with Gasteiger partial charge in [-0.15, -0.1) is 0 Å². The number of nitrogens with zero attached hydrogens (tertiary/aromatic N) is 3. The van der Waals surface area contributed by atoms with Crippen LogP contribution in [0.1, 0.15) is 30.7 Å². The lowest BCUT2D eigenvalue weighted by Gasteiger charge is -2.05. The summed E-state index contributed by atoms with van der Waals surface area (Å²) in [5, 5.41) is 0. The second kappa shape index (κ2) is 5.50. The fourth-order valence-corrected chi connectivity index (χ4v) is 2.91. The predicted molar refractivity (Wildman–Crippen MR) is 88.8 cm³/mol. The van der Waals surface area contributed by atoms with Crippen LogP contribution in [0.5, 0.6) is 0 Å². The Morgan fingerprint density at radius 1 is 1.22 bits per heavy atom. The lowest BCUT2D eigenvalue weighted by molar-refractivity contribution is -0.118. The van der Waals surface area contributed by atoms with Crippen molar-refractivity contribution in [3.05, 3.63) is 48.4 Å². The number of nitrogens with two attached hydrogens (primary N) is 1. The lowest BCUT2D eigenvalue weighted by Crippen LogP contribution is -2.13. The molecule has 0 saturated heterocycles. The molecule has 0 unspecified atom stereocenters. The number of imidazole rings is 1. The molecule has 2 N–H and O–H groups in total. The molecule has 116 valence electrons. The molecule has 0 aliphatic heterocycles. The Kier molecular flexibility index (Phi) is 3.33. The summed E-state index contributed by atoms with van der Waals surface area (Å²) in [6, 6.07) is 10.4. The van der Waals surface area contributed by atoms with Gasteiger partial charge in [-0.2, -0.15) is 0 Å². The van der Waals surface area contributed by atoms with Crippen LogP contribution in [0.2, 0.25) is 0 Å². The Morgan fingerprint density at radius 2 is 2.09 bits per heavy atom. The molecule has 23 heavy (non-hydrogen) atoms. The van der Waals surface area contributed by atoms with Gasteiger partial charge in [-0.05, 0) is 48.6 Å². The molecule has 2 aromatic heterocycles. The molecule has 0 bridgehead atoms. The van der Waals surface area contributed by atoms with E-state index in [4.69, 9.17) is 5.73 Å². The van der Waals surface area contributed by atoms with Crippen molar-refractivity contribution in [1.82, 2.24) is 14.5 Å². The smallest absolute Gasteiger partial charge is 0.219 e. The van der Waals surface area contributed by atoms with Gasteiger partial charge in [-0.25, -0.2) is 4.98 Å². The van der Waals surface area contributed by atoms with Gasteiger partial charge in [0, 0.05) is 24.7 Å². The van der Waals surface area contributed by atoms with Gasteiger partial charge in [-0.1, -0.05) is 6.07 Å². The Bertz CT molecular complexity index is 880. The molecule has 3 aromatic rings. The Hall–Kier alpha value is -2.69. The van der Waals surface area contributed by atoms with Gasteiger partial charge >= 0.3 is 0 Å². The summed E-state index contributed by atoms with van der Waals surface area (Å²) in [5.41, 5.74) is 10.6. The number of hydrogen-bond acceptors (Lipinski definition) is 3. The van der Waals surface area contributed by atoms with E-state index in [1.165, 1.54) is 18.4 Å². The third-order valence-electron chi connectivity index (χ3n) is 4.35. The van der Waals surface area contributed by atoms with Crippen LogP contribution in [-0.2, 0) is 11.3 Å². The van der Waals surface area contributed by atoms with E-state index in [-0.39, 0.29) is 5.91 Å². The van der Waals surface area contributed by atoms with Crippen LogP contribution in [0.4, 0.5) is 0 Å². The normalized spacial score (nSPS) is 14.3. The van der Waals surface area contributed by atoms with E-state index in [0.29, 0.717) is 18.9 Å². The largest absolute Gasteiger partial charge is 0.370 e. The van der Waals surface area contributed by atoms with Gasteiger partial charge in [-0.3, -0.25) is 9.78 Å². The highest BCUT2D eigenvalue weighted by Gasteiger charge is 2.23. The lowest BCUT2D eigenvalue weighted by atomic mass is 10.1. The summed E-state index contributed by atoms with van der Waals surface area (Å²) in [7, 11) is 0. The standard InChI is InChI=1S/C18H18N4O/c19-18(23)6-8-22-11-21-16-10-14(3-4-17(16)22)15-9-13(5-7-20-15)12-1-2-12/h3-5,7,9-12H,1-2,6,8H2,(H2,19,23). The SMILES string of the molecule is NC(=O)CCn1cnc2cc(-c3cc(C4CC4)ccn3)ccc21. The number of primary amides is 1. The number of aromatic nitrogens is 3. The first-order valence-electron chi connectivity index (χ1n) is 7.90. The second-order valence-corrected chi connectivity index (χ2v) is 6.11. The minimum absolute atomic E-state index is 0.301. The first-order valence-corrected chi connectivity index (χ1v) is 7.90. The molecule has 0 atom stereocenters. The van der Waals surface area contributed by atoms with Crippen LogP contribution < -0.4 is 5.73 Å². The maximum atomic E-state index is 10.9. The molecule has 5 heteroatoms. The van der Waals surface area contributed by atoms with Gasteiger partial charge < -0.3 is 10.3 Å². The molecule has 4 rings (SSSR count). The highest BCUT2D eigenvalue weighted by molar-refractivity contribution is 5.81. The number of rotatable bonds is 5. The highest BCUT2D eigenvalue weighted by Crippen LogP contribution is 2.40. The quantitative estimate of drug-likeness (QED) is 0.787. The molecule has 0 spiro atoms. The van der Waals surface area contributed by atoms with Crippen LogP contribution in [-0.4, -0.2) is 20.4 Å². The van der Waals surface area contributed by atoms with Crippen molar-refractivity contribution >= 4 is 16.9 Å². The maximum absolute atomic E-state index is 10.9. The number of carbonyl (C=O) groups is 1. The average molecular weight is 306 g/mol. The summed E-state index contributed by atoms with van der Waals surface area (Å²) in [6.45, 7) is 0.556. The zero-order chi connectivity index (χ0) is 15.8. The van der Waals surface area contributed by atoms with Gasteiger partial charge in [0.05, 0.1) is 23.1 Å². The van der Waals surface area contributed by atoms with Crippen molar-refractivity contribution in [1.29, 1.82) is 0 Å². The topological polar surface area (TPSA) is 73.8 Å². The number of pyridine rings is 1. The first kappa shape index (κ1) is 13.9. The molecule has 1 aliphatic rings. The van der Waals surface area contributed by atoms with Crippen molar-refractivity contribution in [3.63, 3.8) is 0 Å². The average Bonchev–Trinajstić information content (AvgIpc) is 3.34. The monoisotopic (exact) mass is 306 g/mol. The van der Waals surface area contributed by atoms with Crippen LogP contribution in [0.3, 0.4) is 0 Å². The number of benzene rings is 1. The van der Waals surface area contributed by atoms with E-state index in [1.54, 1.807) is 6.33 Å². The molecular weight excluding hydrogens is 288 g/mol.